The lowest BCUT2D eigenvalue weighted by molar-refractivity contribution is 0.0362. The van der Waals surface area contributed by atoms with Crippen molar-refractivity contribution < 1.29 is 0 Å². The van der Waals surface area contributed by atoms with Gasteiger partial charge in [0.1, 0.15) is 0 Å². The third-order valence-electron chi connectivity index (χ3n) is 5.70. The van der Waals surface area contributed by atoms with Crippen LogP contribution in [0.15, 0.2) is 0 Å². The lowest BCUT2D eigenvalue weighted by Crippen LogP contribution is -2.48. The zero-order valence-electron chi connectivity index (χ0n) is 12.7. The van der Waals surface area contributed by atoms with Crippen LogP contribution in [-0.4, -0.2) is 37.6 Å². The molecule has 1 aliphatic carbocycles. The predicted molar refractivity (Wildman–Crippen MR) is 78.9 cm³/mol. The van der Waals surface area contributed by atoms with E-state index in [4.69, 9.17) is 0 Å². The molecule has 1 heterocycles. The van der Waals surface area contributed by atoms with Gasteiger partial charge in [0.25, 0.3) is 0 Å². The number of rotatable bonds is 4. The van der Waals surface area contributed by atoms with Crippen LogP contribution >= 0.6 is 0 Å². The van der Waals surface area contributed by atoms with Crippen molar-refractivity contribution in [3.05, 3.63) is 0 Å². The Morgan fingerprint density at radius 3 is 2.17 bits per heavy atom. The van der Waals surface area contributed by atoms with Gasteiger partial charge in [-0.05, 0) is 70.6 Å². The molecule has 1 saturated carbocycles. The van der Waals surface area contributed by atoms with Gasteiger partial charge in [0.05, 0.1) is 0 Å². The van der Waals surface area contributed by atoms with Crippen molar-refractivity contribution in [1.82, 2.24) is 10.2 Å². The number of hydrogen-bond donors (Lipinski definition) is 1. The van der Waals surface area contributed by atoms with Crippen molar-refractivity contribution in [2.24, 2.45) is 11.3 Å². The molecule has 2 rings (SSSR count). The summed E-state index contributed by atoms with van der Waals surface area (Å²) in [6, 6.07) is 0.735. The first-order valence-electron chi connectivity index (χ1n) is 8.05. The summed E-state index contributed by atoms with van der Waals surface area (Å²) in [5.41, 5.74) is 0.751. The van der Waals surface area contributed by atoms with Crippen LogP contribution in [0.25, 0.3) is 0 Å². The summed E-state index contributed by atoms with van der Waals surface area (Å²) in [5.74, 6) is 0.760. The number of piperidine rings is 1. The Morgan fingerprint density at radius 2 is 1.61 bits per heavy atom. The smallest absolute Gasteiger partial charge is 0.0105 e. The van der Waals surface area contributed by atoms with E-state index in [0.717, 1.165) is 23.9 Å². The molecular formula is C16H32N2. The summed E-state index contributed by atoms with van der Waals surface area (Å²) in [6.45, 7) is 8.63. The zero-order chi connectivity index (χ0) is 13.0. The molecule has 2 atom stereocenters. The molecule has 0 amide bonds. The Balaban J connectivity index is 1.82. The molecule has 2 heteroatoms. The number of likely N-dealkylation sites (tertiary alicyclic amines) is 1. The molecule has 2 aliphatic rings. The molecule has 1 saturated heterocycles. The Morgan fingerprint density at radius 1 is 1.00 bits per heavy atom. The molecule has 0 bridgehead atoms. The standard InChI is InChI=1S/C16H32N2/c1-14(13-17-3)15(2)18-11-9-16(10-12-18)7-5-4-6-8-16/h14-15,17H,4-13H2,1-3H3. The minimum atomic E-state index is 0.735. The Bertz CT molecular complexity index is 235. The number of hydrogen-bond acceptors (Lipinski definition) is 2. The Hall–Kier alpha value is -0.0800. The van der Waals surface area contributed by atoms with Gasteiger partial charge >= 0.3 is 0 Å². The molecule has 1 aliphatic heterocycles. The first kappa shape index (κ1) is 14.3. The summed E-state index contributed by atoms with van der Waals surface area (Å²) in [7, 11) is 2.07. The van der Waals surface area contributed by atoms with Crippen LogP contribution < -0.4 is 5.32 Å². The number of nitrogens with one attached hydrogen (secondary N) is 1. The first-order chi connectivity index (χ1) is 8.67. The normalized spacial score (nSPS) is 28.2. The second-order valence-corrected chi connectivity index (χ2v) is 6.87. The van der Waals surface area contributed by atoms with E-state index in [2.05, 4.69) is 31.1 Å². The second-order valence-electron chi connectivity index (χ2n) is 6.87. The minimum absolute atomic E-state index is 0.735. The van der Waals surface area contributed by atoms with E-state index in [1.807, 2.05) is 0 Å². The summed E-state index contributed by atoms with van der Waals surface area (Å²) in [4.78, 5) is 2.74. The van der Waals surface area contributed by atoms with Crippen LogP contribution in [0.1, 0.15) is 58.8 Å². The van der Waals surface area contributed by atoms with Gasteiger partial charge in [0, 0.05) is 6.04 Å². The molecule has 1 N–H and O–H groups in total. The van der Waals surface area contributed by atoms with E-state index in [1.165, 1.54) is 58.0 Å². The van der Waals surface area contributed by atoms with Crippen molar-refractivity contribution in [3.8, 4) is 0 Å². The van der Waals surface area contributed by atoms with E-state index in [1.54, 1.807) is 0 Å². The topological polar surface area (TPSA) is 15.3 Å². The van der Waals surface area contributed by atoms with Gasteiger partial charge in [-0.25, -0.2) is 0 Å². The zero-order valence-corrected chi connectivity index (χ0v) is 12.7. The lowest BCUT2D eigenvalue weighted by Gasteiger charge is -2.47. The molecule has 2 unspecified atom stereocenters. The minimum Gasteiger partial charge on any atom is -0.319 e. The van der Waals surface area contributed by atoms with Crippen LogP contribution in [0.4, 0.5) is 0 Å². The lowest BCUT2D eigenvalue weighted by atomic mass is 9.68. The molecule has 0 radical (unpaired) electrons. The fourth-order valence-corrected chi connectivity index (χ4v) is 4.06. The van der Waals surface area contributed by atoms with Crippen LogP contribution in [0.2, 0.25) is 0 Å². The first-order valence-corrected chi connectivity index (χ1v) is 8.05. The van der Waals surface area contributed by atoms with Crippen molar-refractivity contribution >= 4 is 0 Å². The van der Waals surface area contributed by atoms with Gasteiger partial charge in [-0.3, -0.25) is 0 Å². The summed E-state index contributed by atoms with van der Waals surface area (Å²) < 4.78 is 0. The molecule has 0 aromatic rings. The van der Waals surface area contributed by atoms with E-state index < -0.39 is 0 Å². The van der Waals surface area contributed by atoms with Gasteiger partial charge in [-0.1, -0.05) is 26.2 Å². The summed E-state index contributed by atoms with van der Waals surface area (Å²) in [5, 5.41) is 3.32. The Kier molecular flexibility index (Phi) is 5.08. The van der Waals surface area contributed by atoms with E-state index in [-0.39, 0.29) is 0 Å². The monoisotopic (exact) mass is 252 g/mol. The third-order valence-corrected chi connectivity index (χ3v) is 5.70. The highest BCUT2D eigenvalue weighted by molar-refractivity contribution is 4.90. The van der Waals surface area contributed by atoms with Gasteiger partial charge < -0.3 is 10.2 Å². The fraction of sp³-hybridized carbons (Fsp3) is 1.00. The highest BCUT2D eigenvalue weighted by Crippen LogP contribution is 2.44. The van der Waals surface area contributed by atoms with Gasteiger partial charge in [0.2, 0.25) is 0 Å². The Labute approximate surface area is 114 Å². The van der Waals surface area contributed by atoms with Crippen LogP contribution in [-0.2, 0) is 0 Å². The molecular weight excluding hydrogens is 220 g/mol. The van der Waals surface area contributed by atoms with Gasteiger partial charge in [-0.2, -0.15) is 0 Å². The maximum absolute atomic E-state index is 3.32. The fourth-order valence-electron chi connectivity index (χ4n) is 4.06. The van der Waals surface area contributed by atoms with Crippen LogP contribution in [0.3, 0.4) is 0 Å². The molecule has 0 aromatic carbocycles. The molecule has 1 spiro atoms. The van der Waals surface area contributed by atoms with E-state index in [9.17, 15) is 0 Å². The maximum atomic E-state index is 3.32. The van der Waals surface area contributed by atoms with Gasteiger partial charge in [-0.15, -0.1) is 0 Å². The van der Waals surface area contributed by atoms with Crippen molar-refractivity contribution in [3.63, 3.8) is 0 Å². The maximum Gasteiger partial charge on any atom is 0.0105 e. The summed E-state index contributed by atoms with van der Waals surface area (Å²) in [6.07, 6.45) is 10.4. The predicted octanol–water partition coefficient (Wildman–Crippen LogP) is 3.28. The molecule has 18 heavy (non-hydrogen) atoms. The SMILES string of the molecule is CNCC(C)C(C)N1CCC2(CCCCC2)CC1. The average molecular weight is 252 g/mol. The molecule has 2 fully saturated rings. The molecule has 2 nitrogen and oxygen atoms in total. The van der Waals surface area contributed by atoms with E-state index >= 15 is 0 Å². The average Bonchev–Trinajstić information content (AvgIpc) is 2.40. The largest absolute Gasteiger partial charge is 0.319 e. The summed E-state index contributed by atoms with van der Waals surface area (Å²) >= 11 is 0. The molecule has 106 valence electrons. The highest BCUT2D eigenvalue weighted by atomic mass is 15.2. The van der Waals surface area contributed by atoms with Crippen LogP contribution in [0, 0.1) is 11.3 Å². The van der Waals surface area contributed by atoms with Crippen LogP contribution in [0.5, 0.6) is 0 Å². The quantitative estimate of drug-likeness (QED) is 0.826. The van der Waals surface area contributed by atoms with E-state index in [0.29, 0.717) is 0 Å². The molecule has 0 aromatic heterocycles. The van der Waals surface area contributed by atoms with Crippen molar-refractivity contribution in [2.45, 2.75) is 64.8 Å². The number of nitrogens with zero attached hydrogens (tertiary/aromatic N) is 1. The third kappa shape index (κ3) is 3.27. The van der Waals surface area contributed by atoms with Crippen molar-refractivity contribution in [2.75, 3.05) is 26.7 Å². The highest BCUT2D eigenvalue weighted by Gasteiger charge is 2.36. The van der Waals surface area contributed by atoms with Crippen molar-refractivity contribution in [1.29, 1.82) is 0 Å². The van der Waals surface area contributed by atoms with Gasteiger partial charge in [0.15, 0.2) is 0 Å². The second kappa shape index (κ2) is 6.38.